The third-order valence-electron chi connectivity index (χ3n) is 9.23. The molecule has 1 atom stereocenters. The van der Waals surface area contributed by atoms with E-state index >= 15 is 0 Å². The van der Waals surface area contributed by atoms with E-state index in [1.165, 1.54) is 27.6 Å². The Bertz CT molecular complexity index is 2220. The Morgan fingerprint density at radius 1 is 0.733 bits per heavy atom. The van der Waals surface area contributed by atoms with Crippen molar-refractivity contribution in [2.45, 2.75) is 6.04 Å². The number of hydrogen-bond donors (Lipinski definition) is 1. The van der Waals surface area contributed by atoms with Gasteiger partial charge in [-0.3, -0.25) is 4.57 Å². The van der Waals surface area contributed by atoms with E-state index in [2.05, 4.69) is 167 Å². The van der Waals surface area contributed by atoms with E-state index in [1.807, 2.05) is 0 Å². The number of rotatable bonds is 3. The molecular weight excluding hydrogens is 550 g/mol. The third-order valence-corrected chi connectivity index (χ3v) is 9.23. The van der Waals surface area contributed by atoms with Gasteiger partial charge in [-0.1, -0.05) is 115 Å². The number of allylic oxidation sites excluding steroid dienone is 2. The lowest BCUT2D eigenvalue weighted by atomic mass is 9.87. The minimum atomic E-state index is -0.101. The molecule has 4 nitrogen and oxygen atoms in total. The molecule has 0 fully saturated rings. The molecule has 1 N–H and O–H groups in total. The zero-order valence-electron chi connectivity index (χ0n) is 24.9. The summed E-state index contributed by atoms with van der Waals surface area (Å²) in [7, 11) is 2.16. The molecule has 0 bridgehead atoms. The van der Waals surface area contributed by atoms with Crippen LogP contribution in [0.15, 0.2) is 140 Å². The number of likely N-dealkylation sites (N-methyl/N-ethyl adjacent to an activating group) is 1. The van der Waals surface area contributed by atoms with E-state index in [4.69, 9.17) is 4.74 Å². The first-order valence-electron chi connectivity index (χ1n) is 15.5. The molecule has 0 radical (unpaired) electrons. The molecule has 0 saturated carbocycles. The third kappa shape index (κ3) is 3.99. The van der Waals surface area contributed by atoms with Crippen molar-refractivity contribution in [3.63, 3.8) is 0 Å². The van der Waals surface area contributed by atoms with Gasteiger partial charge in [0.15, 0.2) is 0 Å². The first kappa shape index (κ1) is 25.7. The van der Waals surface area contributed by atoms with E-state index in [0.717, 1.165) is 57.5 Å². The molecule has 0 amide bonds. The summed E-state index contributed by atoms with van der Waals surface area (Å²) in [6.45, 7) is 0.857. The molecule has 5 aromatic carbocycles. The Kier molecular flexibility index (Phi) is 5.82. The summed E-state index contributed by atoms with van der Waals surface area (Å²) in [5.41, 5.74) is 11.5. The smallest absolute Gasteiger partial charge is 0.140 e. The Labute approximate surface area is 262 Å². The van der Waals surface area contributed by atoms with Crippen LogP contribution >= 0.6 is 0 Å². The topological polar surface area (TPSA) is 29.4 Å². The fourth-order valence-electron chi connectivity index (χ4n) is 7.16. The Morgan fingerprint density at radius 2 is 1.49 bits per heavy atom. The van der Waals surface area contributed by atoms with E-state index in [1.54, 1.807) is 0 Å². The molecule has 6 aromatic rings. The maximum absolute atomic E-state index is 7.08. The minimum absolute atomic E-state index is 0.101. The zero-order valence-corrected chi connectivity index (χ0v) is 24.9. The highest BCUT2D eigenvalue weighted by molar-refractivity contribution is 6.09. The molecule has 1 aromatic heterocycles. The van der Waals surface area contributed by atoms with Gasteiger partial charge < -0.3 is 15.0 Å². The highest BCUT2D eigenvalue weighted by atomic mass is 16.5. The van der Waals surface area contributed by atoms with E-state index in [9.17, 15) is 0 Å². The van der Waals surface area contributed by atoms with Crippen LogP contribution < -0.4 is 10.1 Å². The number of fused-ring (bicyclic) bond motifs is 8. The van der Waals surface area contributed by atoms with Gasteiger partial charge in [-0.15, -0.1) is 0 Å². The van der Waals surface area contributed by atoms with E-state index in [0.29, 0.717) is 0 Å². The number of ether oxygens (including phenoxy) is 1. The average Bonchev–Trinajstić information content (AvgIpc) is 3.35. The molecule has 0 saturated heterocycles. The number of nitrogens with one attached hydrogen (secondary N) is 1. The summed E-state index contributed by atoms with van der Waals surface area (Å²) in [5, 5.41) is 5.12. The lowest BCUT2D eigenvalue weighted by Gasteiger charge is -2.30. The Hall–Kier alpha value is -5.74. The van der Waals surface area contributed by atoms with Crippen molar-refractivity contribution in [3.8, 4) is 33.9 Å². The number of benzene rings is 5. The second kappa shape index (κ2) is 10.2. The van der Waals surface area contributed by atoms with Gasteiger partial charge >= 0.3 is 0 Å². The van der Waals surface area contributed by atoms with Gasteiger partial charge in [-0.25, -0.2) is 0 Å². The first-order valence-corrected chi connectivity index (χ1v) is 15.5. The minimum Gasteiger partial charge on any atom is -0.456 e. The number of aromatic nitrogens is 1. The van der Waals surface area contributed by atoms with Crippen LogP contribution in [-0.4, -0.2) is 23.1 Å². The molecule has 9 rings (SSSR count). The summed E-state index contributed by atoms with van der Waals surface area (Å²) in [6, 6.07) is 43.0. The van der Waals surface area contributed by atoms with Crippen molar-refractivity contribution in [1.82, 2.24) is 14.8 Å². The summed E-state index contributed by atoms with van der Waals surface area (Å²) in [4.78, 5) is 2.30. The first-order chi connectivity index (χ1) is 22.3. The largest absolute Gasteiger partial charge is 0.456 e. The van der Waals surface area contributed by atoms with Crippen LogP contribution in [-0.2, 0) is 0 Å². The molecule has 3 aliphatic rings. The molecule has 3 aliphatic heterocycles. The fourth-order valence-corrected chi connectivity index (χ4v) is 7.16. The van der Waals surface area contributed by atoms with Crippen molar-refractivity contribution in [2.75, 3.05) is 13.6 Å². The van der Waals surface area contributed by atoms with Crippen LogP contribution in [0.3, 0.4) is 0 Å². The van der Waals surface area contributed by atoms with Crippen LogP contribution in [0.1, 0.15) is 28.3 Å². The van der Waals surface area contributed by atoms with Crippen molar-refractivity contribution in [3.05, 3.63) is 162 Å². The predicted molar refractivity (Wildman–Crippen MR) is 185 cm³/mol. The summed E-state index contributed by atoms with van der Waals surface area (Å²) >= 11 is 0. The maximum atomic E-state index is 7.08. The number of nitrogens with zero attached hydrogens (tertiary/aromatic N) is 2. The van der Waals surface area contributed by atoms with Crippen LogP contribution in [0, 0.1) is 0 Å². The van der Waals surface area contributed by atoms with Crippen LogP contribution in [0.4, 0.5) is 0 Å². The maximum Gasteiger partial charge on any atom is 0.140 e. The Balaban J connectivity index is 1.33. The van der Waals surface area contributed by atoms with Gasteiger partial charge in [0.2, 0.25) is 0 Å². The lowest BCUT2D eigenvalue weighted by molar-refractivity contribution is 0.475. The SMILES string of the molecule is CN1CC=CC=C1n1c2c(c3ccccc31)-c1cccc(C3NC(c4ccccc4)=Cc4ccccc43)c1Oc1ccccc1-2. The average molecular weight is 582 g/mol. The van der Waals surface area contributed by atoms with Gasteiger partial charge in [0, 0.05) is 46.9 Å². The van der Waals surface area contributed by atoms with Crippen LogP contribution in [0.25, 0.3) is 50.9 Å². The summed E-state index contributed by atoms with van der Waals surface area (Å²) < 4.78 is 9.50. The Morgan fingerprint density at radius 3 is 2.40 bits per heavy atom. The summed E-state index contributed by atoms with van der Waals surface area (Å²) in [5.74, 6) is 2.88. The molecule has 45 heavy (non-hydrogen) atoms. The number of hydrogen-bond acceptors (Lipinski definition) is 3. The molecule has 4 heterocycles. The quantitative estimate of drug-likeness (QED) is 0.225. The van der Waals surface area contributed by atoms with Gasteiger partial charge in [-0.05, 0) is 47.0 Å². The lowest BCUT2D eigenvalue weighted by Crippen LogP contribution is -2.25. The molecule has 4 heteroatoms. The molecule has 1 unspecified atom stereocenters. The van der Waals surface area contributed by atoms with Crippen molar-refractivity contribution in [1.29, 1.82) is 0 Å². The van der Waals surface area contributed by atoms with Crippen LogP contribution in [0.5, 0.6) is 11.5 Å². The number of para-hydroxylation sites is 3. The van der Waals surface area contributed by atoms with Gasteiger partial charge in [0.25, 0.3) is 0 Å². The molecular formula is C41H31N3O. The standard InChI is InChI=1S/C41H31N3O/c1-43-25-12-11-24-37(43)44-35-22-9-7-18-30(35)38-32-20-13-21-33(41(32)45-36-23-10-8-19-31(36)40(38)44)39-29-17-6-5-16-28(29)26-34(42-39)27-14-3-2-4-15-27/h2-24,26,39,42H,25H2,1H3. The predicted octanol–water partition coefficient (Wildman–Crippen LogP) is 9.57. The van der Waals surface area contributed by atoms with Gasteiger partial charge in [-0.2, -0.15) is 0 Å². The van der Waals surface area contributed by atoms with Gasteiger partial charge in [0.05, 0.1) is 17.3 Å². The second-order valence-electron chi connectivity index (χ2n) is 11.9. The van der Waals surface area contributed by atoms with E-state index in [-0.39, 0.29) is 6.04 Å². The van der Waals surface area contributed by atoms with Crippen molar-refractivity contribution >= 4 is 28.5 Å². The van der Waals surface area contributed by atoms with E-state index < -0.39 is 0 Å². The normalized spacial score (nSPS) is 16.3. The monoisotopic (exact) mass is 581 g/mol. The van der Waals surface area contributed by atoms with Crippen LogP contribution in [0.2, 0.25) is 0 Å². The fraction of sp³-hybridized carbons (Fsp3) is 0.0732. The highest BCUT2D eigenvalue weighted by Crippen LogP contribution is 2.54. The highest BCUT2D eigenvalue weighted by Gasteiger charge is 2.33. The second-order valence-corrected chi connectivity index (χ2v) is 11.9. The van der Waals surface area contributed by atoms with Crippen molar-refractivity contribution in [2.24, 2.45) is 0 Å². The van der Waals surface area contributed by atoms with Crippen molar-refractivity contribution < 1.29 is 4.74 Å². The molecule has 0 spiro atoms. The zero-order chi connectivity index (χ0) is 29.9. The summed E-state index contributed by atoms with van der Waals surface area (Å²) in [6.07, 6.45) is 8.82. The molecule has 0 aliphatic carbocycles. The molecule has 216 valence electrons. The van der Waals surface area contributed by atoms with Gasteiger partial charge in [0.1, 0.15) is 17.3 Å².